The van der Waals surface area contributed by atoms with Crippen LogP contribution in [0.2, 0.25) is 0 Å². The number of amides is 1. The van der Waals surface area contributed by atoms with E-state index in [-0.39, 0.29) is 5.91 Å². The van der Waals surface area contributed by atoms with E-state index < -0.39 is 0 Å². The van der Waals surface area contributed by atoms with E-state index >= 15 is 0 Å². The van der Waals surface area contributed by atoms with E-state index in [1.165, 1.54) is 28.0 Å². The second-order valence-electron chi connectivity index (χ2n) is 5.80. The monoisotopic (exact) mass is 335 g/mol. The van der Waals surface area contributed by atoms with Gasteiger partial charge in [0.1, 0.15) is 0 Å². The molecule has 0 spiro atoms. The van der Waals surface area contributed by atoms with Gasteiger partial charge in [-0.2, -0.15) is 0 Å². The highest BCUT2D eigenvalue weighted by molar-refractivity contribution is 8.00. The molecular formula is C16H21N3OS2. The van der Waals surface area contributed by atoms with Crippen molar-refractivity contribution >= 4 is 34.1 Å². The van der Waals surface area contributed by atoms with Crippen molar-refractivity contribution in [1.29, 1.82) is 0 Å². The normalized spacial score (nSPS) is 11.0. The molecule has 0 fully saturated rings. The fourth-order valence-corrected chi connectivity index (χ4v) is 3.86. The third-order valence-electron chi connectivity index (χ3n) is 2.89. The smallest absolute Gasteiger partial charge is 0.226 e. The minimum absolute atomic E-state index is 0.00277. The molecule has 118 valence electrons. The lowest BCUT2D eigenvalue weighted by Crippen LogP contribution is -2.13. The maximum absolute atomic E-state index is 11.7. The summed E-state index contributed by atoms with van der Waals surface area (Å²) in [6.45, 7) is 8.25. The molecule has 1 heterocycles. The maximum Gasteiger partial charge on any atom is 0.226 e. The summed E-state index contributed by atoms with van der Waals surface area (Å²) in [6, 6.07) is 6.54. The number of carbonyl (C=O) groups is 1. The van der Waals surface area contributed by atoms with Crippen molar-refractivity contribution in [3.63, 3.8) is 0 Å². The Morgan fingerprint density at radius 2 is 1.91 bits per heavy atom. The van der Waals surface area contributed by atoms with Crippen LogP contribution in [0.15, 0.2) is 22.5 Å². The highest BCUT2D eigenvalue weighted by atomic mass is 32.2. The predicted molar refractivity (Wildman–Crippen MR) is 93.5 cm³/mol. The highest BCUT2D eigenvalue weighted by Crippen LogP contribution is 2.29. The third kappa shape index (κ3) is 5.42. The van der Waals surface area contributed by atoms with E-state index in [1.54, 1.807) is 11.8 Å². The molecule has 0 saturated carbocycles. The number of benzene rings is 1. The Hall–Kier alpha value is -1.40. The number of aryl methyl sites for hydroxylation is 2. The lowest BCUT2D eigenvalue weighted by atomic mass is 10.1. The molecule has 0 unspecified atom stereocenters. The van der Waals surface area contributed by atoms with E-state index in [1.807, 2.05) is 13.8 Å². The number of nitrogens with zero attached hydrogens (tertiary/aromatic N) is 2. The van der Waals surface area contributed by atoms with Gasteiger partial charge in [0.15, 0.2) is 4.34 Å². The first kappa shape index (κ1) is 17.0. The Morgan fingerprint density at radius 3 is 2.55 bits per heavy atom. The van der Waals surface area contributed by atoms with Gasteiger partial charge in [0, 0.05) is 12.2 Å². The van der Waals surface area contributed by atoms with Crippen LogP contribution >= 0.6 is 23.1 Å². The Labute approximate surface area is 139 Å². The van der Waals surface area contributed by atoms with Gasteiger partial charge in [0.2, 0.25) is 11.0 Å². The average Bonchev–Trinajstić information content (AvgIpc) is 2.81. The summed E-state index contributed by atoms with van der Waals surface area (Å²) in [5.41, 5.74) is 3.83. The van der Waals surface area contributed by atoms with Crippen LogP contribution in [0.5, 0.6) is 0 Å². The zero-order valence-corrected chi connectivity index (χ0v) is 15.0. The number of aromatic nitrogens is 2. The van der Waals surface area contributed by atoms with Crippen LogP contribution in [-0.2, 0) is 10.5 Å². The second-order valence-corrected chi connectivity index (χ2v) is 8.00. The summed E-state index contributed by atoms with van der Waals surface area (Å²) in [6.07, 6.45) is 0.505. The number of carbonyl (C=O) groups excluding carboxylic acids is 1. The number of thioether (sulfide) groups is 1. The topological polar surface area (TPSA) is 54.9 Å². The first-order chi connectivity index (χ1) is 10.4. The number of hydrogen-bond acceptors (Lipinski definition) is 5. The van der Waals surface area contributed by atoms with Gasteiger partial charge in [-0.3, -0.25) is 4.79 Å². The van der Waals surface area contributed by atoms with Crippen molar-refractivity contribution in [2.45, 2.75) is 44.2 Å². The zero-order chi connectivity index (χ0) is 16.1. The van der Waals surface area contributed by atoms with Crippen LogP contribution in [0.25, 0.3) is 0 Å². The Morgan fingerprint density at radius 1 is 1.23 bits per heavy atom. The number of rotatable bonds is 6. The van der Waals surface area contributed by atoms with Crippen LogP contribution in [-0.4, -0.2) is 16.1 Å². The highest BCUT2D eigenvalue weighted by Gasteiger charge is 2.10. The molecule has 1 aromatic carbocycles. The van der Waals surface area contributed by atoms with Gasteiger partial charge in [-0.25, -0.2) is 0 Å². The molecule has 2 aromatic rings. The molecule has 1 N–H and O–H groups in total. The van der Waals surface area contributed by atoms with Crippen molar-refractivity contribution in [1.82, 2.24) is 10.2 Å². The van der Waals surface area contributed by atoms with Crippen LogP contribution in [0.4, 0.5) is 5.13 Å². The van der Waals surface area contributed by atoms with Crippen LogP contribution < -0.4 is 5.32 Å². The van der Waals surface area contributed by atoms with Crippen LogP contribution in [0, 0.1) is 19.8 Å². The standard InChI is InChI=1S/C16H21N3OS2/c1-10(2)5-14(20)17-15-18-19-16(22-15)21-9-13-7-11(3)6-12(4)8-13/h6-8,10H,5,9H2,1-4H3,(H,17,18,20). The first-order valence-corrected chi connectivity index (χ1v) is 9.06. The van der Waals surface area contributed by atoms with Crippen molar-refractivity contribution in [3.05, 3.63) is 34.9 Å². The summed E-state index contributed by atoms with van der Waals surface area (Å²) in [7, 11) is 0. The molecule has 0 radical (unpaired) electrons. The first-order valence-electron chi connectivity index (χ1n) is 7.25. The van der Waals surface area contributed by atoms with Crippen molar-refractivity contribution < 1.29 is 4.79 Å². The molecular weight excluding hydrogens is 314 g/mol. The molecule has 0 bridgehead atoms. The van der Waals surface area contributed by atoms with E-state index in [9.17, 15) is 4.79 Å². The predicted octanol–water partition coefficient (Wildman–Crippen LogP) is 4.43. The van der Waals surface area contributed by atoms with Gasteiger partial charge in [-0.15, -0.1) is 10.2 Å². The summed E-state index contributed by atoms with van der Waals surface area (Å²) in [5, 5.41) is 11.5. The molecule has 0 aliphatic heterocycles. The Balaban J connectivity index is 1.90. The van der Waals surface area contributed by atoms with Gasteiger partial charge in [0.05, 0.1) is 0 Å². The molecule has 6 heteroatoms. The molecule has 1 aromatic heterocycles. The van der Waals surface area contributed by atoms with E-state index in [0.29, 0.717) is 17.5 Å². The minimum atomic E-state index is -0.00277. The average molecular weight is 335 g/mol. The van der Waals surface area contributed by atoms with E-state index in [0.717, 1.165) is 10.1 Å². The fourth-order valence-electron chi connectivity index (χ4n) is 2.16. The molecule has 0 aliphatic rings. The SMILES string of the molecule is Cc1cc(C)cc(CSc2nnc(NC(=O)CC(C)C)s2)c1. The van der Waals surface area contributed by atoms with Crippen LogP contribution in [0.1, 0.15) is 37.0 Å². The third-order valence-corrected chi connectivity index (χ3v) is 4.93. The molecule has 2 rings (SSSR count). The second kappa shape index (κ2) is 7.74. The largest absolute Gasteiger partial charge is 0.300 e. The molecule has 0 aliphatic carbocycles. The lowest BCUT2D eigenvalue weighted by molar-refractivity contribution is -0.116. The summed E-state index contributed by atoms with van der Waals surface area (Å²) >= 11 is 3.07. The minimum Gasteiger partial charge on any atom is -0.300 e. The van der Waals surface area contributed by atoms with Crippen molar-refractivity contribution in [2.24, 2.45) is 5.92 Å². The summed E-state index contributed by atoms with van der Waals surface area (Å²) in [5.74, 6) is 1.19. The zero-order valence-electron chi connectivity index (χ0n) is 13.3. The Kier molecular flexibility index (Phi) is 5.97. The van der Waals surface area contributed by atoms with Gasteiger partial charge >= 0.3 is 0 Å². The Bertz CT molecular complexity index is 632. The number of hydrogen-bond donors (Lipinski definition) is 1. The molecule has 0 atom stereocenters. The molecule has 1 amide bonds. The molecule has 22 heavy (non-hydrogen) atoms. The van der Waals surface area contributed by atoms with Gasteiger partial charge in [-0.1, -0.05) is 66.3 Å². The molecule has 4 nitrogen and oxygen atoms in total. The summed E-state index contributed by atoms with van der Waals surface area (Å²) in [4.78, 5) is 11.7. The van der Waals surface area contributed by atoms with Crippen molar-refractivity contribution in [3.8, 4) is 0 Å². The van der Waals surface area contributed by atoms with Crippen LogP contribution in [0.3, 0.4) is 0 Å². The number of anilines is 1. The van der Waals surface area contributed by atoms with E-state index in [2.05, 4.69) is 47.6 Å². The van der Waals surface area contributed by atoms with E-state index in [4.69, 9.17) is 0 Å². The van der Waals surface area contributed by atoms with Gasteiger partial charge in [0.25, 0.3) is 0 Å². The summed E-state index contributed by atoms with van der Waals surface area (Å²) < 4.78 is 0.874. The quantitative estimate of drug-likeness (QED) is 0.626. The fraction of sp³-hybridized carbons (Fsp3) is 0.438. The van der Waals surface area contributed by atoms with Gasteiger partial charge < -0.3 is 5.32 Å². The van der Waals surface area contributed by atoms with Crippen molar-refractivity contribution in [2.75, 3.05) is 5.32 Å². The van der Waals surface area contributed by atoms with Gasteiger partial charge in [-0.05, 0) is 25.3 Å². The number of nitrogens with one attached hydrogen (secondary N) is 1. The maximum atomic E-state index is 11.7. The molecule has 0 saturated heterocycles. The lowest BCUT2D eigenvalue weighted by Gasteiger charge is -2.03.